The number of urea groups is 1. The Kier molecular flexibility index (Phi) is 7.02. The van der Waals surface area contributed by atoms with Crippen molar-refractivity contribution in [1.29, 1.82) is 0 Å². The third-order valence-electron chi connectivity index (χ3n) is 6.04. The predicted octanol–water partition coefficient (Wildman–Crippen LogP) is 2.51. The first-order valence-corrected chi connectivity index (χ1v) is 11.4. The zero-order chi connectivity index (χ0) is 23.4. The number of carbonyl (C=O) groups is 2. The van der Waals surface area contributed by atoms with E-state index < -0.39 is 11.8 Å². The second-order valence-corrected chi connectivity index (χ2v) is 8.30. The van der Waals surface area contributed by atoms with Crippen molar-refractivity contribution < 1.29 is 14.0 Å². The molecule has 2 aromatic heterocycles. The normalized spacial score (nSPS) is 16.9. The lowest BCUT2D eigenvalue weighted by atomic mass is 10.2. The Hall–Kier alpha value is -3.27. The summed E-state index contributed by atoms with van der Waals surface area (Å²) in [5.74, 6) is 0.298. The van der Waals surface area contributed by atoms with E-state index in [1.165, 1.54) is 6.20 Å². The first-order valence-electron chi connectivity index (χ1n) is 11.4. The SMILES string of the molecule is CCNC(=O)Nc1nccc(CN2CCN(c3ccc(N4CCCC4=O)nc3C)CC2)c1F. The second kappa shape index (κ2) is 10.1. The smallest absolute Gasteiger partial charge is 0.320 e. The molecule has 3 amide bonds. The summed E-state index contributed by atoms with van der Waals surface area (Å²) in [5, 5.41) is 5.03. The zero-order valence-electron chi connectivity index (χ0n) is 19.1. The maximum atomic E-state index is 14.8. The number of carbonyl (C=O) groups excluding carboxylic acids is 2. The monoisotopic (exact) mass is 455 g/mol. The van der Waals surface area contributed by atoms with Gasteiger partial charge in [0.05, 0.1) is 11.4 Å². The molecule has 0 atom stereocenters. The summed E-state index contributed by atoms with van der Waals surface area (Å²) in [5.41, 5.74) is 2.47. The molecule has 0 saturated carbocycles. The van der Waals surface area contributed by atoms with E-state index >= 15 is 0 Å². The number of halogens is 1. The van der Waals surface area contributed by atoms with Crippen LogP contribution in [0.2, 0.25) is 0 Å². The number of nitrogens with zero attached hydrogens (tertiary/aromatic N) is 5. The van der Waals surface area contributed by atoms with Gasteiger partial charge >= 0.3 is 6.03 Å². The third-order valence-corrected chi connectivity index (χ3v) is 6.04. The summed E-state index contributed by atoms with van der Waals surface area (Å²) in [6, 6.07) is 5.14. The van der Waals surface area contributed by atoms with Crippen molar-refractivity contribution in [3.05, 3.63) is 41.5 Å². The molecule has 4 heterocycles. The van der Waals surface area contributed by atoms with Gasteiger partial charge in [0.1, 0.15) is 5.82 Å². The first-order chi connectivity index (χ1) is 16.0. The number of hydrogen-bond acceptors (Lipinski definition) is 6. The molecule has 2 fully saturated rings. The highest BCUT2D eigenvalue weighted by Gasteiger charge is 2.25. The molecule has 9 nitrogen and oxygen atoms in total. The van der Waals surface area contributed by atoms with Crippen LogP contribution in [0.5, 0.6) is 0 Å². The van der Waals surface area contributed by atoms with Crippen LogP contribution >= 0.6 is 0 Å². The van der Waals surface area contributed by atoms with Crippen LogP contribution in [-0.2, 0) is 11.3 Å². The van der Waals surface area contributed by atoms with Crippen LogP contribution in [0.4, 0.5) is 26.5 Å². The van der Waals surface area contributed by atoms with Crippen molar-refractivity contribution in [2.75, 3.05) is 54.4 Å². The Morgan fingerprint density at radius 3 is 2.61 bits per heavy atom. The average molecular weight is 456 g/mol. The van der Waals surface area contributed by atoms with Crippen LogP contribution in [-0.4, -0.2) is 66.1 Å². The summed E-state index contributed by atoms with van der Waals surface area (Å²) in [4.78, 5) is 38.6. The number of rotatable bonds is 6. The molecule has 0 radical (unpaired) electrons. The highest BCUT2D eigenvalue weighted by Crippen LogP contribution is 2.26. The van der Waals surface area contributed by atoms with Gasteiger partial charge in [-0.15, -0.1) is 0 Å². The Balaban J connectivity index is 1.36. The molecular weight excluding hydrogens is 425 g/mol. The third kappa shape index (κ3) is 5.22. The lowest BCUT2D eigenvalue weighted by molar-refractivity contribution is -0.117. The number of anilines is 3. The van der Waals surface area contributed by atoms with Gasteiger partial charge in [-0.05, 0) is 38.5 Å². The molecule has 0 aliphatic carbocycles. The molecule has 2 aliphatic rings. The fraction of sp³-hybridized carbons (Fsp3) is 0.478. The van der Waals surface area contributed by atoms with Gasteiger partial charge in [-0.3, -0.25) is 19.9 Å². The number of nitrogens with one attached hydrogen (secondary N) is 2. The Labute approximate surface area is 193 Å². The van der Waals surface area contributed by atoms with E-state index in [0.717, 1.165) is 56.3 Å². The minimum Gasteiger partial charge on any atom is -0.368 e. The largest absolute Gasteiger partial charge is 0.368 e. The lowest BCUT2D eigenvalue weighted by Gasteiger charge is -2.36. The van der Waals surface area contributed by atoms with Crippen molar-refractivity contribution in [2.45, 2.75) is 33.2 Å². The van der Waals surface area contributed by atoms with E-state index in [9.17, 15) is 14.0 Å². The van der Waals surface area contributed by atoms with E-state index in [1.54, 1.807) is 17.9 Å². The average Bonchev–Trinajstić information content (AvgIpc) is 3.23. The van der Waals surface area contributed by atoms with E-state index in [2.05, 4.69) is 30.4 Å². The minimum absolute atomic E-state index is 0.0599. The van der Waals surface area contributed by atoms with Crippen LogP contribution in [0, 0.1) is 12.7 Å². The summed E-state index contributed by atoms with van der Waals surface area (Å²) in [6.45, 7) is 8.52. The number of pyridine rings is 2. The summed E-state index contributed by atoms with van der Waals surface area (Å²) in [6.07, 6.45) is 2.98. The number of aryl methyl sites for hydroxylation is 1. The molecule has 176 valence electrons. The Bertz CT molecular complexity index is 1020. The van der Waals surface area contributed by atoms with E-state index in [-0.39, 0.29) is 11.7 Å². The Morgan fingerprint density at radius 1 is 1.15 bits per heavy atom. The Morgan fingerprint density at radius 2 is 1.94 bits per heavy atom. The summed E-state index contributed by atoms with van der Waals surface area (Å²) < 4.78 is 14.8. The highest BCUT2D eigenvalue weighted by molar-refractivity contribution is 5.94. The molecule has 33 heavy (non-hydrogen) atoms. The molecule has 4 rings (SSSR count). The van der Waals surface area contributed by atoms with Gasteiger partial charge in [0.25, 0.3) is 0 Å². The van der Waals surface area contributed by atoms with Crippen LogP contribution < -0.4 is 20.4 Å². The van der Waals surface area contributed by atoms with Gasteiger partial charge in [-0.2, -0.15) is 0 Å². The molecule has 0 unspecified atom stereocenters. The van der Waals surface area contributed by atoms with Crippen LogP contribution in [0.3, 0.4) is 0 Å². The lowest BCUT2D eigenvalue weighted by Crippen LogP contribution is -2.46. The maximum absolute atomic E-state index is 14.8. The maximum Gasteiger partial charge on any atom is 0.320 e. The highest BCUT2D eigenvalue weighted by atomic mass is 19.1. The summed E-state index contributed by atoms with van der Waals surface area (Å²) >= 11 is 0. The molecule has 2 N–H and O–H groups in total. The predicted molar refractivity (Wildman–Crippen MR) is 125 cm³/mol. The fourth-order valence-electron chi connectivity index (χ4n) is 4.31. The fourth-order valence-corrected chi connectivity index (χ4v) is 4.31. The van der Waals surface area contributed by atoms with E-state index in [4.69, 9.17) is 0 Å². The second-order valence-electron chi connectivity index (χ2n) is 8.30. The molecule has 0 aromatic carbocycles. The quantitative estimate of drug-likeness (QED) is 0.695. The molecule has 10 heteroatoms. The molecular formula is C23H30FN7O2. The standard InChI is InChI=1S/C23H30FN7O2/c1-3-25-23(33)28-22-21(24)17(8-9-26-22)15-29-11-13-30(14-12-29)18-6-7-19(27-16(18)2)31-10-4-5-20(31)32/h6-9H,3-5,10-15H2,1-2H3,(H2,25,26,28,33). The zero-order valence-corrected chi connectivity index (χ0v) is 19.1. The number of amides is 3. The number of piperazine rings is 1. The van der Waals surface area contributed by atoms with E-state index in [1.807, 2.05) is 19.1 Å². The van der Waals surface area contributed by atoms with Gasteiger partial charge in [0.2, 0.25) is 5.91 Å². The number of hydrogen-bond donors (Lipinski definition) is 2. The number of aromatic nitrogens is 2. The molecule has 0 spiro atoms. The van der Waals surface area contributed by atoms with Crippen molar-refractivity contribution in [1.82, 2.24) is 20.2 Å². The van der Waals surface area contributed by atoms with Crippen LogP contribution in [0.1, 0.15) is 31.0 Å². The van der Waals surface area contributed by atoms with Crippen molar-refractivity contribution in [3.63, 3.8) is 0 Å². The first kappa shape index (κ1) is 22.9. The van der Waals surface area contributed by atoms with Crippen LogP contribution in [0.15, 0.2) is 24.4 Å². The van der Waals surface area contributed by atoms with Crippen molar-refractivity contribution in [3.8, 4) is 0 Å². The van der Waals surface area contributed by atoms with Crippen molar-refractivity contribution in [2.24, 2.45) is 0 Å². The molecule has 0 bridgehead atoms. The minimum atomic E-state index is -0.502. The summed E-state index contributed by atoms with van der Waals surface area (Å²) in [7, 11) is 0. The molecule has 2 aromatic rings. The molecule has 2 saturated heterocycles. The van der Waals surface area contributed by atoms with Gasteiger partial charge in [0.15, 0.2) is 11.6 Å². The van der Waals surface area contributed by atoms with Gasteiger partial charge < -0.3 is 10.2 Å². The van der Waals surface area contributed by atoms with Gasteiger partial charge in [0, 0.05) is 64.0 Å². The van der Waals surface area contributed by atoms with Crippen molar-refractivity contribution >= 4 is 29.3 Å². The van der Waals surface area contributed by atoms with E-state index in [0.29, 0.717) is 25.1 Å². The van der Waals surface area contributed by atoms with Gasteiger partial charge in [-0.1, -0.05) is 0 Å². The molecule has 2 aliphatic heterocycles. The van der Waals surface area contributed by atoms with Crippen LogP contribution in [0.25, 0.3) is 0 Å². The van der Waals surface area contributed by atoms with Gasteiger partial charge in [-0.25, -0.2) is 19.2 Å². The topological polar surface area (TPSA) is 93.7 Å².